The molecule has 1 aromatic rings. The largest absolute Gasteiger partial charge is 0.362 e. The molecule has 0 atom stereocenters. The lowest BCUT2D eigenvalue weighted by Crippen LogP contribution is -2.23. The van der Waals surface area contributed by atoms with Gasteiger partial charge in [-0.05, 0) is 32.2 Å². The quantitative estimate of drug-likeness (QED) is 0.818. The molecule has 1 aliphatic carbocycles. The molecule has 18 heavy (non-hydrogen) atoms. The Balaban J connectivity index is 1.75. The Bertz CT molecular complexity index is 345. The second kappa shape index (κ2) is 7.10. The summed E-state index contributed by atoms with van der Waals surface area (Å²) < 4.78 is 0. The van der Waals surface area contributed by atoms with E-state index in [4.69, 9.17) is 0 Å². The van der Waals surface area contributed by atoms with Gasteiger partial charge >= 0.3 is 0 Å². The Morgan fingerprint density at radius 3 is 2.94 bits per heavy atom. The van der Waals surface area contributed by atoms with Crippen LogP contribution in [0.3, 0.4) is 0 Å². The molecule has 3 nitrogen and oxygen atoms in total. The third-order valence-electron chi connectivity index (χ3n) is 3.55. The van der Waals surface area contributed by atoms with Crippen molar-refractivity contribution in [3.8, 4) is 0 Å². The fraction of sp³-hybridized carbons (Fsp3) is 0.786. The van der Waals surface area contributed by atoms with Crippen LogP contribution in [0.5, 0.6) is 0 Å². The van der Waals surface area contributed by atoms with Gasteiger partial charge in [-0.3, -0.25) is 0 Å². The summed E-state index contributed by atoms with van der Waals surface area (Å²) in [5, 5.41) is 4.42. The number of nitrogens with one attached hydrogen (secondary N) is 1. The molecular formula is C14H25N3S. The topological polar surface area (TPSA) is 28.2 Å². The molecule has 2 rings (SSSR count). The van der Waals surface area contributed by atoms with Gasteiger partial charge in [-0.15, -0.1) is 11.3 Å². The van der Waals surface area contributed by atoms with Gasteiger partial charge in [0.2, 0.25) is 0 Å². The second-order valence-corrected chi connectivity index (χ2v) is 6.52. The number of hydrogen-bond acceptors (Lipinski definition) is 4. The molecule has 102 valence electrons. The van der Waals surface area contributed by atoms with Crippen molar-refractivity contribution in [1.29, 1.82) is 0 Å². The van der Waals surface area contributed by atoms with Crippen LogP contribution in [0, 0.1) is 5.92 Å². The molecular weight excluding hydrogens is 242 g/mol. The molecule has 0 radical (unpaired) electrons. The van der Waals surface area contributed by atoms with E-state index in [9.17, 15) is 0 Å². The van der Waals surface area contributed by atoms with Crippen molar-refractivity contribution in [1.82, 2.24) is 9.88 Å². The van der Waals surface area contributed by atoms with E-state index in [1.54, 1.807) is 11.3 Å². The van der Waals surface area contributed by atoms with Crippen LogP contribution in [0.25, 0.3) is 0 Å². The zero-order valence-electron chi connectivity index (χ0n) is 11.6. The molecule has 1 saturated carbocycles. The van der Waals surface area contributed by atoms with Crippen molar-refractivity contribution >= 4 is 16.5 Å². The third-order valence-corrected chi connectivity index (χ3v) is 4.49. The zero-order chi connectivity index (χ0) is 12.8. The SMILES string of the molecule is CCCNc1ncc(CN(C)CC2CCCC2)s1. The Morgan fingerprint density at radius 2 is 2.22 bits per heavy atom. The Kier molecular flexibility index (Phi) is 5.45. The predicted octanol–water partition coefficient (Wildman–Crippen LogP) is 3.59. The maximum atomic E-state index is 4.42. The lowest BCUT2D eigenvalue weighted by molar-refractivity contribution is 0.273. The summed E-state index contributed by atoms with van der Waals surface area (Å²) in [6.45, 7) is 5.49. The molecule has 1 N–H and O–H groups in total. The number of thiazole rings is 1. The summed E-state index contributed by atoms with van der Waals surface area (Å²) in [7, 11) is 2.23. The summed E-state index contributed by atoms with van der Waals surface area (Å²) in [4.78, 5) is 8.24. The van der Waals surface area contributed by atoms with E-state index in [2.05, 4.69) is 29.2 Å². The minimum absolute atomic E-state index is 0.931. The number of nitrogens with zero attached hydrogens (tertiary/aromatic N) is 2. The maximum Gasteiger partial charge on any atom is 0.182 e. The first-order chi connectivity index (χ1) is 8.78. The van der Waals surface area contributed by atoms with E-state index >= 15 is 0 Å². The summed E-state index contributed by atoms with van der Waals surface area (Å²) in [6.07, 6.45) is 8.89. The monoisotopic (exact) mass is 267 g/mol. The number of hydrogen-bond donors (Lipinski definition) is 1. The van der Waals surface area contributed by atoms with Gasteiger partial charge in [0.1, 0.15) is 0 Å². The molecule has 0 amide bonds. The summed E-state index contributed by atoms with van der Waals surface area (Å²) in [6, 6.07) is 0. The fourth-order valence-electron chi connectivity index (χ4n) is 2.66. The van der Waals surface area contributed by atoms with Gasteiger partial charge < -0.3 is 10.2 Å². The molecule has 0 spiro atoms. The van der Waals surface area contributed by atoms with Gasteiger partial charge in [-0.2, -0.15) is 0 Å². The molecule has 1 heterocycles. The third kappa shape index (κ3) is 4.25. The first kappa shape index (κ1) is 13.8. The average molecular weight is 267 g/mol. The van der Waals surface area contributed by atoms with E-state index in [0.29, 0.717) is 0 Å². The van der Waals surface area contributed by atoms with Gasteiger partial charge in [0.05, 0.1) is 0 Å². The smallest absolute Gasteiger partial charge is 0.182 e. The van der Waals surface area contributed by atoms with Crippen molar-refractivity contribution in [2.45, 2.75) is 45.6 Å². The molecule has 0 aliphatic heterocycles. The van der Waals surface area contributed by atoms with Gasteiger partial charge in [0.25, 0.3) is 0 Å². The highest BCUT2D eigenvalue weighted by atomic mass is 32.1. The second-order valence-electron chi connectivity index (χ2n) is 5.41. The van der Waals surface area contributed by atoms with E-state index in [0.717, 1.165) is 30.6 Å². The Labute approximate surface area is 115 Å². The van der Waals surface area contributed by atoms with E-state index in [-0.39, 0.29) is 0 Å². The molecule has 1 aliphatic rings. The molecule has 0 unspecified atom stereocenters. The van der Waals surface area contributed by atoms with Crippen LogP contribution in [0.2, 0.25) is 0 Å². The lowest BCUT2D eigenvalue weighted by Gasteiger charge is -2.19. The molecule has 0 aromatic carbocycles. The van der Waals surface area contributed by atoms with Crippen LogP contribution in [0.1, 0.15) is 43.9 Å². The van der Waals surface area contributed by atoms with E-state index < -0.39 is 0 Å². The van der Waals surface area contributed by atoms with Crippen LogP contribution in [-0.4, -0.2) is 30.0 Å². The van der Waals surface area contributed by atoms with Crippen LogP contribution < -0.4 is 5.32 Å². The van der Waals surface area contributed by atoms with Gasteiger partial charge in [-0.25, -0.2) is 4.98 Å². The minimum Gasteiger partial charge on any atom is -0.362 e. The average Bonchev–Trinajstić information content (AvgIpc) is 2.98. The minimum atomic E-state index is 0.931. The van der Waals surface area contributed by atoms with Gasteiger partial charge in [-0.1, -0.05) is 19.8 Å². The van der Waals surface area contributed by atoms with Crippen molar-refractivity contribution in [2.24, 2.45) is 5.92 Å². The van der Waals surface area contributed by atoms with Crippen LogP contribution >= 0.6 is 11.3 Å². The van der Waals surface area contributed by atoms with Gasteiger partial charge in [0.15, 0.2) is 5.13 Å². The summed E-state index contributed by atoms with van der Waals surface area (Å²) in [5.74, 6) is 0.931. The highest BCUT2D eigenvalue weighted by Gasteiger charge is 2.17. The van der Waals surface area contributed by atoms with E-state index in [1.807, 2.05) is 6.20 Å². The number of anilines is 1. The first-order valence-electron chi connectivity index (χ1n) is 7.15. The van der Waals surface area contributed by atoms with Crippen molar-refractivity contribution in [3.05, 3.63) is 11.1 Å². The standard InChI is InChI=1S/C14H25N3S/c1-3-8-15-14-16-9-13(18-14)11-17(2)10-12-6-4-5-7-12/h9,12H,3-8,10-11H2,1-2H3,(H,15,16). The predicted molar refractivity (Wildman–Crippen MR) is 79.2 cm³/mol. The normalized spacial score (nSPS) is 16.6. The molecule has 1 aromatic heterocycles. The fourth-order valence-corrected chi connectivity index (χ4v) is 3.58. The number of rotatable bonds is 7. The summed E-state index contributed by atoms with van der Waals surface area (Å²) in [5.41, 5.74) is 0. The number of aromatic nitrogens is 1. The highest BCUT2D eigenvalue weighted by molar-refractivity contribution is 7.15. The highest BCUT2D eigenvalue weighted by Crippen LogP contribution is 2.26. The maximum absolute atomic E-state index is 4.42. The molecule has 1 fully saturated rings. The Morgan fingerprint density at radius 1 is 1.44 bits per heavy atom. The first-order valence-corrected chi connectivity index (χ1v) is 7.96. The molecule has 0 bridgehead atoms. The molecule has 0 saturated heterocycles. The Hall–Kier alpha value is -0.610. The van der Waals surface area contributed by atoms with Crippen LogP contribution in [0.15, 0.2) is 6.20 Å². The summed E-state index contributed by atoms with van der Waals surface area (Å²) >= 11 is 1.80. The van der Waals surface area contributed by atoms with Crippen molar-refractivity contribution < 1.29 is 0 Å². The molecule has 4 heteroatoms. The van der Waals surface area contributed by atoms with Crippen molar-refractivity contribution in [2.75, 3.05) is 25.5 Å². The zero-order valence-corrected chi connectivity index (χ0v) is 12.4. The van der Waals surface area contributed by atoms with Crippen molar-refractivity contribution in [3.63, 3.8) is 0 Å². The van der Waals surface area contributed by atoms with Crippen LogP contribution in [0.4, 0.5) is 5.13 Å². The lowest BCUT2D eigenvalue weighted by atomic mass is 10.1. The van der Waals surface area contributed by atoms with Crippen LogP contribution in [-0.2, 0) is 6.54 Å². The van der Waals surface area contributed by atoms with E-state index in [1.165, 1.54) is 37.1 Å². The van der Waals surface area contributed by atoms with Gasteiger partial charge in [0, 0.05) is 30.7 Å².